The Labute approximate surface area is 126 Å². The molecule has 0 bridgehead atoms. The number of halogens is 1. The van der Waals surface area contributed by atoms with E-state index in [2.05, 4.69) is 4.98 Å². The van der Waals surface area contributed by atoms with Crippen molar-refractivity contribution in [3.05, 3.63) is 60.0 Å². The van der Waals surface area contributed by atoms with Crippen LogP contribution in [-0.4, -0.2) is 17.6 Å². The Hall–Kier alpha value is -2.82. The first-order chi connectivity index (χ1) is 10.7. The molecular weight excluding hydrogens is 285 g/mol. The first-order valence-electron chi connectivity index (χ1n) is 6.90. The second-order valence-corrected chi connectivity index (χ2v) is 4.65. The molecule has 0 radical (unpaired) electrons. The van der Waals surface area contributed by atoms with Crippen LogP contribution in [0.5, 0.6) is 11.5 Å². The van der Waals surface area contributed by atoms with E-state index in [0.29, 0.717) is 11.5 Å². The van der Waals surface area contributed by atoms with Crippen molar-refractivity contribution in [1.82, 2.24) is 4.98 Å². The van der Waals surface area contributed by atoms with Gasteiger partial charge in [-0.2, -0.15) is 0 Å². The molecule has 0 aliphatic carbocycles. The Kier molecular flexibility index (Phi) is 3.78. The number of carbonyl (C=O) groups excluding carboxylic acids is 1. The van der Waals surface area contributed by atoms with E-state index in [9.17, 15) is 9.18 Å². The third-order valence-electron chi connectivity index (χ3n) is 3.17. The van der Waals surface area contributed by atoms with Crippen LogP contribution < -0.4 is 4.74 Å². The molecule has 5 heteroatoms. The number of rotatable bonds is 4. The normalized spacial score (nSPS) is 10.6. The Morgan fingerprint density at radius 1 is 1.14 bits per heavy atom. The van der Waals surface area contributed by atoms with Crippen LogP contribution in [0.3, 0.4) is 0 Å². The molecule has 0 amide bonds. The number of para-hydroxylation sites is 1. The zero-order valence-corrected chi connectivity index (χ0v) is 11.9. The summed E-state index contributed by atoms with van der Waals surface area (Å²) in [5, 5.41) is 0.759. The Balaban J connectivity index is 2.07. The van der Waals surface area contributed by atoms with Crippen LogP contribution in [0.25, 0.3) is 10.9 Å². The lowest BCUT2D eigenvalue weighted by atomic mass is 10.2. The highest BCUT2D eigenvalue weighted by atomic mass is 19.1. The molecular formula is C17H14FNO3. The van der Waals surface area contributed by atoms with Gasteiger partial charge in [-0.05, 0) is 43.3 Å². The third kappa shape index (κ3) is 2.65. The number of hydrogen-bond acceptors (Lipinski definition) is 3. The van der Waals surface area contributed by atoms with Gasteiger partial charge in [-0.25, -0.2) is 9.18 Å². The van der Waals surface area contributed by atoms with Gasteiger partial charge in [0.25, 0.3) is 0 Å². The predicted octanol–water partition coefficient (Wildman–Crippen LogP) is 4.28. The molecule has 0 aliphatic heterocycles. The molecule has 4 nitrogen and oxygen atoms in total. The maximum absolute atomic E-state index is 13.0. The van der Waals surface area contributed by atoms with Gasteiger partial charge in [0.15, 0.2) is 11.4 Å². The standard InChI is InChI=1S/C17H14FNO3/c1-2-21-17(20)15-16(13-5-3-4-6-14(13)19-15)22-12-9-7-11(18)8-10-12/h3-10,19H,2H2,1H3. The van der Waals surface area contributed by atoms with Crippen molar-refractivity contribution in [2.45, 2.75) is 6.92 Å². The Morgan fingerprint density at radius 2 is 1.86 bits per heavy atom. The second-order valence-electron chi connectivity index (χ2n) is 4.65. The quantitative estimate of drug-likeness (QED) is 0.732. The Bertz CT molecular complexity index is 808. The zero-order valence-electron chi connectivity index (χ0n) is 11.9. The molecule has 0 fully saturated rings. The minimum absolute atomic E-state index is 0.243. The minimum atomic E-state index is -0.490. The lowest BCUT2D eigenvalue weighted by molar-refractivity contribution is 0.0518. The molecule has 3 aromatic rings. The number of H-pyrrole nitrogens is 1. The monoisotopic (exact) mass is 299 g/mol. The van der Waals surface area contributed by atoms with Crippen LogP contribution in [0.15, 0.2) is 48.5 Å². The lowest BCUT2D eigenvalue weighted by Gasteiger charge is -2.07. The summed E-state index contributed by atoms with van der Waals surface area (Å²) in [5.41, 5.74) is 1.01. The van der Waals surface area contributed by atoms with Crippen LogP contribution >= 0.6 is 0 Å². The minimum Gasteiger partial charge on any atom is -0.461 e. The number of ether oxygens (including phenoxy) is 2. The van der Waals surface area contributed by atoms with E-state index < -0.39 is 5.97 Å². The lowest BCUT2D eigenvalue weighted by Crippen LogP contribution is -2.06. The SMILES string of the molecule is CCOC(=O)c1[nH]c2ccccc2c1Oc1ccc(F)cc1. The average Bonchev–Trinajstić information content (AvgIpc) is 2.89. The molecule has 0 aliphatic rings. The number of carbonyl (C=O) groups is 1. The van der Waals surface area contributed by atoms with E-state index >= 15 is 0 Å². The van der Waals surface area contributed by atoms with Gasteiger partial charge in [0, 0.05) is 10.9 Å². The summed E-state index contributed by atoms with van der Waals surface area (Å²) >= 11 is 0. The van der Waals surface area contributed by atoms with Crippen LogP contribution in [0.4, 0.5) is 4.39 Å². The molecule has 1 aromatic heterocycles. The van der Waals surface area contributed by atoms with Gasteiger partial charge in [0.05, 0.1) is 6.61 Å². The fourth-order valence-electron chi connectivity index (χ4n) is 2.19. The molecule has 0 spiro atoms. The smallest absolute Gasteiger partial charge is 0.358 e. The zero-order chi connectivity index (χ0) is 15.5. The topological polar surface area (TPSA) is 51.3 Å². The van der Waals surface area contributed by atoms with Gasteiger partial charge < -0.3 is 14.5 Å². The van der Waals surface area contributed by atoms with Crippen LogP contribution in [0.1, 0.15) is 17.4 Å². The molecule has 1 heterocycles. The fraction of sp³-hybridized carbons (Fsp3) is 0.118. The van der Waals surface area contributed by atoms with Gasteiger partial charge in [-0.15, -0.1) is 0 Å². The second kappa shape index (κ2) is 5.89. The van der Waals surface area contributed by atoms with Crippen molar-refractivity contribution in [3.8, 4) is 11.5 Å². The van der Waals surface area contributed by atoms with E-state index in [1.807, 2.05) is 24.3 Å². The summed E-state index contributed by atoms with van der Waals surface area (Å²) in [6, 6.07) is 13.0. The van der Waals surface area contributed by atoms with E-state index in [1.165, 1.54) is 24.3 Å². The van der Waals surface area contributed by atoms with Crippen molar-refractivity contribution < 1.29 is 18.7 Å². The van der Waals surface area contributed by atoms with E-state index in [1.54, 1.807) is 6.92 Å². The molecule has 1 N–H and O–H groups in total. The van der Waals surface area contributed by atoms with Crippen molar-refractivity contribution in [2.24, 2.45) is 0 Å². The summed E-state index contributed by atoms with van der Waals surface area (Å²) in [6.07, 6.45) is 0. The van der Waals surface area contributed by atoms with E-state index in [-0.39, 0.29) is 18.1 Å². The first-order valence-corrected chi connectivity index (χ1v) is 6.90. The number of fused-ring (bicyclic) bond motifs is 1. The van der Waals surface area contributed by atoms with Crippen LogP contribution in [0, 0.1) is 5.82 Å². The highest BCUT2D eigenvalue weighted by Crippen LogP contribution is 2.34. The summed E-state index contributed by atoms with van der Waals surface area (Å²) in [6.45, 7) is 2.01. The third-order valence-corrected chi connectivity index (χ3v) is 3.17. The maximum Gasteiger partial charge on any atom is 0.358 e. The van der Waals surface area contributed by atoms with Crippen LogP contribution in [0.2, 0.25) is 0 Å². The van der Waals surface area contributed by atoms with Gasteiger partial charge in [0.1, 0.15) is 11.6 Å². The number of aromatic nitrogens is 1. The van der Waals surface area contributed by atoms with Gasteiger partial charge in [-0.3, -0.25) is 0 Å². The van der Waals surface area contributed by atoms with Crippen molar-refractivity contribution in [2.75, 3.05) is 6.61 Å². The largest absolute Gasteiger partial charge is 0.461 e. The van der Waals surface area contributed by atoms with Gasteiger partial charge >= 0.3 is 5.97 Å². The highest BCUT2D eigenvalue weighted by molar-refractivity contribution is 6.01. The Morgan fingerprint density at radius 3 is 2.59 bits per heavy atom. The molecule has 112 valence electrons. The summed E-state index contributed by atoms with van der Waals surface area (Å²) in [7, 11) is 0. The molecule has 3 rings (SSSR count). The summed E-state index contributed by atoms with van der Waals surface area (Å²) < 4.78 is 23.8. The molecule has 22 heavy (non-hydrogen) atoms. The van der Waals surface area contributed by atoms with Crippen molar-refractivity contribution >= 4 is 16.9 Å². The number of hydrogen-bond donors (Lipinski definition) is 1. The summed E-state index contributed by atoms with van der Waals surface area (Å²) in [4.78, 5) is 15.1. The highest BCUT2D eigenvalue weighted by Gasteiger charge is 2.20. The predicted molar refractivity (Wildman–Crippen MR) is 80.7 cm³/mol. The maximum atomic E-state index is 13.0. The van der Waals surface area contributed by atoms with Gasteiger partial charge in [0.2, 0.25) is 0 Å². The summed E-state index contributed by atoms with van der Waals surface area (Å²) in [5.74, 6) is -0.0231. The molecule has 0 saturated carbocycles. The van der Waals surface area contributed by atoms with E-state index in [0.717, 1.165) is 10.9 Å². The average molecular weight is 299 g/mol. The first kappa shape index (κ1) is 14.1. The number of aromatic amines is 1. The fourth-order valence-corrected chi connectivity index (χ4v) is 2.19. The number of esters is 1. The van der Waals surface area contributed by atoms with Gasteiger partial charge in [-0.1, -0.05) is 12.1 Å². The van der Waals surface area contributed by atoms with Crippen molar-refractivity contribution in [3.63, 3.8) is 0 Å². The number of benzene rings is 2. The molecule has 0 unspecified atom stereocenters. The van der Waals surface area contributed by atoms with Crippen LogP contribution in [-0.2, 0) is 4.74 Å². The number of nitrogens with one attached hydrogen (secondary N) is 1. The molecule has 2 aromatic carbocycles. The molecule has 0 atom stereocenters. The van der Waals surface area contributed by atoms with Crippen molar-refractivity contribution in [1.29, 1.82) is 0 Å². The molecule has 0 saturated heterocycles. The van der Waals surface area contributed by atoms with E-state index in [4.69, 9.17) is 9.47 Å².